The molecule has 2 rings (SSSR count). The molecule has 2 N–H and O–H groups in total. The average Bonchev–Trinajstić information content (AvgIpc) is 2.74. The monoisotopic (exact) mass is 238 g/mol. The number of nitrogens with zero attached hydrogens (tertiary/aromatic N) is 3. The summed E-state index contributed by atoms with van der Waals surface area (Å²) in [5, 5.41) is 0. The lowest BCUT2D eigenvalue weighted by atomic mass is 10.1. The lowest BCUT2D eigenvalue weighted by Gasteiger charge is -2.36. The first kappa shape index (κ1) is 12.5. The summed E-state index contributed by atoms with van der Waals surface area (Å²) < 4.78 is 5.54. The number of likely N-dealkylation sites (N-methyl/N-ethyl adjacent to an activating group) is 1. The molecule has 96 valence electrons. The van der Waals surface area contributed by atoms with Gasteiger partial charge in [-0.15, -0.1) is 0 Å². The van der Waals surface area contributed by atoms with Crippen molar-refractivity contribution < 1.29 is 4.42 Å². The summed E-state index contributed by atoms with van der Waals surface area (Å²) >= 11 is 0. The number of rotatable bonds is 4. The molecule has 2 heterocycles. The first-order valence-corrected chi connectivity index (χ1v) is 6.25. The van der Waals surface area contributed by atoms with Crippen LogP contribution in [0.5, 0.6) is 0 Å². The number of piperazine rings is 1. The fourth-order valence-electron chi connectivity index (χ4n) is 2.28. The number of aryl methyl sites for hydroxylation is 1. The van der Waals surface area contributed by atoms with Crippen LogP contribution < -0.4 is 5.73 Å². The highest BCUT2D eigenvalue weighted by Crippen LogP contribution is 2.24. The second-order valence-electron chi connectivity index (χ2n) is 4.76. The lowest BCUT2D eigenvalue weighted by molar-refractivity contribution is 0.0937. The molecule has 5 heteroatoms. The van der Waals surface area contributed by atoms with Crippen molar-refractivity contribution in [2.75, 3.05) is 39.8 Å². The summed E-state index contributed by atoms with van der Waals surface area (Å²) in [7, 11) is 2.16. The maximum atomic E-state index is 5.70. The minimum Gasteiger partial charge on any atom is -0.447 e. The maximum Gasteiger partial charge on any atom is 0.211 e. The van der Waals surface area contributed by atoms with Crippen LogP contribution in [0, 0.1) is 6.92 Å². The molecule has 1 aliphatic heterocycles. The summed E-state index contributed by atoms with van der Waals surface area (Å²) in [6, 6.07) is 0.238. The Bertz CT molecular complexity index is 344. The Morgan fingerprint density at radius 2 is 2.12 bits per heavy atom. The van der Waals surface area contributed by atoms with Gasteiger partial charge in [-0.25, -0.2) is 4.98 Å². The fraction of sp³-hybridized carbons (Fsp3) is 0.750. The smallest absolute Gasteiger partial charge is 0.211 e. The van der Waals surface area contributed by atoms with Crippen LogP contribution in [0.1, 0.15) is 24.0 Å². The van der Waals surface area contributed by atoms with Gasteiger partial charge in [0.1, 0.15) is 6.26 Å². The molecular weight excluding hydrogens is 216 g/mol. The van der Waals surface area contributed by atoms with Gasteiger partial charge in [0.2, 0.25) is 5.89 Å². The van der Waals surface area contributed by atoms with Crippen LogP contribution in [0.2, 0.25) is 0 Å². The Balaban J connectivity index is 2.06. The number of nitrogens with two attached hydrogens (primary N) is 1. The Morgan fingerprint density at radius 1 is 1.41 bits per heavy atom. The lowest BCUT2D eigenvalue weighted by Crippen LogP contribution is -2.46. The molecule has 0 bridgehead atoms. The number of aromatic nitrogens is 1. The largest absolute Gasteiger partial charge is 0.447 e. The van der Waals surface area contributed by atoms with Gasteiger partial charge in [-0.05, 0) is 26.9 Å². The zero-order valence-electron chi connectivity index (χ0n) is 10.7. The second kappa shape index (κ2) is 5.62. The van der Waals surface area contributed by atoms with E-state index in [4.69, 9.17) is 10.2 Å². The standard InChI is InChI=1S/C12H22N4O/c1-10-9-17-12(14-10)11(3-4-13)16-7-5-15(2)6-8-16/h9,11H,3-8,13H2,1-2H3. The molecule has 0 amide bonds. The van der Waals surface area contributed by atoms with Crippen molar-refractivity contribution in [3.63, 3.8) is 0 Å². The predicted octanol–water partition coefficient (Wildman–Crippen LogP) is 0.620. The van der Waals surface area contributed by atoms with E-state index in [0.29, 0.717) is 6.54 Å². The molecular formula is C12H22N4O. The van der Waals surface area contributed by atoms with Gasteiger partial charge >= 0.3 is 0 Å². The molecule has 1 fully saturated rings. The van der Waals surface area contributed by atoms with E-state index in [2.05, 4.69) is 21.8 Å². The predicted molar refractivity (Wildman–Crippen MR) is 66.7 cm³/mol. The molecule has 17 heavy (non-hydrogen) atoms. The van der Waals surface area contributed by atoms with Crippen molar-refractivity contribution in [3.05, 3.63) is 17.8 Å². The summed E-state index contributed by atoms with van der Waals surface area (Å²) in [6.45, 7) is 6.93. The van der Waals surface area contributed by atoms with Crippen LogP contribution in [-0.4, -0.2) is 54.6 Å². The zero-order valence-corrected chi connectivity index (χ0v) is 10.7. The van der Waals surface area contributed by atoms with E-state index in [9.17, 15) is 0 Å². The third-order valence-corrected chi connectivity index (χ3v) is 3.34. The van der Waals surface area contributed by atoms with E-state index in [0.717, 1.165) is 44.2 Å². The van der Waals surface area contributed by atoms with Crippen LogP contribution in [0.4, 0.5) is 0 Å². The molecule has 0 aliphatic carbocycles. The summed E-state index contributed by atoms with van der Waals surface area (Å²) in [5.74, 6) is 0.817. The van der Waals surface area contributed by atoms with Gasteiger partial charge in [0, 0.05) is 26.2 Å². The molecule has 1 atom stereocenters. The molecule has 1 aromatic rings. The van der Waals surface area contributed by atoms with Gasteiger partial charge in [0.25, 0.3) is 0 Å². The van der Waals surface area contributed by atoms with Crippen LogP contribution in [0.3, 0.4) is 0 Å². The highest BCUT2D eigenvalue weighted by Gasteiger charge is 2.26. The first-order valence-electron chi connectivity index (χ1n) is 6.25. The molecule has 0 radical (unpaired) electrons. The van der Waals surface area contributed by atoms with E-state index in [1.54, 1.807) is 6.26 Å². The van der Waals surface area contributed by atoms with Gasteiger partial charge < -0.3 is 15.1 Å². The van der Waals surface area contributed by atoms with Crippen molar-refractivity contribution in [1.29, 1.82) is 0 Å². The van der Waals surface area contributed by atoms with Crippen molar-refractivity contribution in [1.82, 2.24) is 14.8 Å². The van der Waals surface area contributed by atoms with Gasteiger partial charge in [-0.2, -0.15) is 0 Å². The summed E-state index contributed by atoms with van der Waals surface area (Å²) in [5.41, 5.74) is 6.64. The van der Waals surface area contributed by atoms with Gasteiger partial charge in [-0.3, -0.25) is 4.90 Å². The molecule has 1 unspecified atom stereocenters. The van der Waals surface area contributed by atoms with Crippen LogP contribution in [0.25, 0.3) is 0 Å². The molecule has 0 aromatic carbocycles. The van der Waals surface area contributed by atoms with Crippen LogP contribution in [-0.2, 0) is 0 Å². The number of oxazole rings is 1. The van der Waals surface area contributed by atoms with E-state index >= 15 is 0 Å². The summed E-state index contributed by atoms with van der Waals surface area (Å²) in [6.07, 6.45) is 2.62. The molecule has 5 nitrogen and oxygen atoms in total. The van der Waals surface area contributed by atoms with Crippen LogP contribution >= 0.6 is 0 Å². The van der Waals surface area contributed by atoms with Gasteiger partial charge in [0.15, 0.2) is 0 Å². The van der Waals surface area contributed by atoms with Crippen LogP contribution in [0.15, 0.2) is 10.7 Å². The molecule has 1 saturated heterocycles. The van der Waals surface area contributed by atoms with Gasteiger partial charge in [0.05, 0.1) is 11.7 Å². The molecule has 0 saturated carbocycles. The summed E-state index contributed by atoms with van der Waals surface area (Å²) in [4.78, 5) is 9.22. The molecule has 0 spiro atoms. The normalized spacial score (nSPS) is 20.6. The van der Waals surface area contributed by atoms with Crippen molar-refractivity contribution in [3.8, 4) is 0 Å². The van der Waals surface area contributed by atoms with Crippen molar-refractivity contribution in [2.24, 2.45) is 5.73 Å². The van der Waals surface area contributed by atoms with E-state index in [-0.39, 0.29) is 6.04 Å². The SMILES string of the molecule is Cc1coc(C(CCN)N2CCN(C)CC2)n1. The Labute approximate surface area is 103 Å². The highest BCUT2D eigenvalue weighted by molar-refractivity contribution is 4.99. The third kappa shape index (κ3) is 3.06. The van der Waals surface area contributed by atoms with Gasteiger partial charge in [-0.1, -0.05) is 0 Å². The number of hydrogen-bond acceptors (Lipinski definition) is 5. The Kier molecular flexibility index (Phi) is 4.15. The van der Waals surface area contributed by atoms with E-state index < -0.39 is 0 Å². The molecule has 1 aliphatic rings. The Morgan fingerprint density at radius 3 is 2.65 bits per heavy atom. The quantitative estimate of drug-likeness (QED) is 0.833. The van der Waals surface area contributed by atoms with E-state index in [1.165, 1.54) is 0 Å². The molecule has 1 aromatic heterocycles. The van der Waals surface area contributed by atoms with Crippen molar-refractivity contribution in [2.45, 2.75) is 19.4 Å². The Hall–Kier alpha value is -0.910. The first-order chi connectivity index (χ1) is 8.20. The third-order valence-electron chi connectivity index (χ3n) is 3.34. The number of hydrogen-bond donors (Lipinski definition) is 1. The fourth-order valence-corrected chi connectivity index (χ4v) is 2.28. The minimum absolute atomic E-state index is 0.238. The minimum atomic E-state index is 0.238. The van der Waals surface area contributed by atoms with E-state index in [1.807, 2.05) is 6.92 Å². The average molecular weight is 238 g/mol. The zero-order chi connectivity index (χ0) is 12.3. The maximum absolute atomic E-state index is 5.70. The van der Waals surface area contributed by atoms with Crippen molar-refractivity contribution >= 4 is 0 Å². The second-order valence-corrected chi connectivity index (χ2v) is 4.76. The topological polar surface area (TPSA) is 58.5 Å². The highest BCUT2D eigenvalue weighted by atomic mass is 16.3.